The van der Waals surface area contributed by atoms with E-state index in [1.54, 1.807) is 0 Å². The van der Waals surface area contributed by atoms with E-state index in [0.717, 1.165) is 0 Å². The third-order valence-corrected chi connectivity index (χ3v) is 2.22. The van der Waals surface area contributed by atoms with Gasteiger partial charge in [0.2, 0.25) is 0 Å². The number of allylic oxidation sites excluding steroid dienone is 1. The summed E-state index contributed by atoms with van der Waals surface area (Å²) in [6, 6.07) is 0. The number of carboxylic acids is 1. The number of alkyl halides is 3. The van der Waals surface area contributed by atoms with Crippen molar-refractivity contribution in [3.8, 4) is 0 Å². The fourth-order valence-electron chi connectivity index (χ4n) is 0.696. The van der Waals surface area contributed by atoms with Gasteiger partial charge >= 0.3 is 12.1 Å². The SMILES string of the molecule is O=C(O)C1=C(C(F)(F)F)N=CS1=O. The molecule has 0 radical (unpaired) electrons. The Morgan fingerprint density at radius 3 is 2.38 bits per heavy atom. The van der Waals surface area contributed by atoms with Crippen LogP contribution in [-0.4, -0.2) is 27.0 Å². The van der Waals surface area contributed by atoms with Crippen molar-refractivity contribution in [2.24, 2.45) is 4.99 Å². The van der Waals surface area contributed by atoms with Crippen LogP contribution in [0.2, 0.25) is 0 Å². The highest BCUT2D eigenvalue weighted by Crippen LogP contribution is 2.32. The summed E-state index contributed by atoms with van der Waals surface area (Å²) >= 11 is 0. The van der Waals surface area contributed by atoms with Gasteiger partial charge in [-0.05, 0) is 0 Å². The van der Waals surface area contributed by atoms with Gasteiger partial charge in [0.05, 0.1) is 5.55 Å². The van der Waals surface area contributed by atoms with E-state index in [1.807, 2.05) is 0 Å². The Kier molecular flexibility index (Phi) is 2.24. The first-order valence-corrected chi connectivity index (χ1v) is 4.05. The van der Waals surface area contributed by atoms with E-state index in [1.165, 1.54) is 0 Å². The summed E-state index contributed by atoms with van der Waals surface area (Å²) in [7, 11) is -2.30. The standard InChI is InChI=1S/C5H2F3NO3S/c6-5(7,8)3-2(4(10)11)13(12)1-9-3/h1H,(H,10,11). The average Bonchev–Trinajstić information content (AvgIpc) is 2.28. The van der Waals surface area contributed by atoms with Crippen LogP contribution in [0.4, 0.5) is 13.2 Å². The van der Waals surface area contributed by atoms with E-state index in [2.05, 4.69) is 4.99 Å². The molecule has 0 saturated heterocycles. The summed E-state index contributed by atoms with van der Waals surface area (Å²) < 4.78 is 46.6. The second-order valence-corrected chi connectivity index (χ2v) is 3.23. The first kappa shape index (κ1) is 9.90. The van der Waals surface area contributed by atoms with E-state index >= 15 is 0 Å². The van der Waals surface area contributed by atoms with Crippen LogP contribution < -0.4 is 0 Å². The van der Waals surface area contributed by atoms with Gasteiger partial charge in [0.15, 0.2) is 10.6 Å². The number of carbonyl (C=O) groups is 1. The zero-order chi connectivity index (χ0) is 10.2. The maximum absolute atomic E-state index is 12.0. The molecule has 0 fully saturated rings. The Balaban J connectivity index is 3.25. The first-order chi connectivity index (χ1) is 5.84. The van der Waals surface area contributed by atoms with Crippen LogP contribution in [0.3, 0.4) is 0 Å². The van der Waals surface area contributed by atoms with Crippen molar-refractivity contribution >= 4 is 22.3 Å². The van der Waals surface area contributed by atoms with Gasteiger partial charge in [-0.15, -0.1) is 0 Å². The molecule has 0 aromatic carbocycles. The fraction of sp³-hybridized carbons (Fsp3) is 0.200. The molecular formula is C5H2F3NO3S. The third kappa shape index (κ3) is 1.77. The third-order valence-electron chi connectivity index (χ3n) is 1.16. The van der Waals surface area contributed by atoms with Gasteiger partial charge in [-0.3, -0.25) is 0 Å². The molecule has 1 heterocycles. The number of aliphatic imine (C=N–C) groups is 1. The number of hydrogen-bond donors (Lipinski definition) is 1. The second kappa shape index (κ2) is 2.95. The molecule has 1 rings (SSSR count). The van der Waals surface area contributed by atoms with E-state index in [4.69, 9.17) is 5.11 Å². The molecule has 0 spiro atoms. The van der Waals surface area contributed by atoms with Crippen molar-refractivity contribution in [3.63, 3.8) is 0 Å². The number of nitrogens with zero attached hydrogens (tertiary/aromatic N) is 1. The molecule has 0 aliphatic carbocycles. The molecule has 1 aliphatic heterocycles. The van der Waals surface area contributed by atoms with Crippen molar-refractivity contribution in [2.75, 3.05) is 0 Å². The Hall–Kier alpha value is -1.18. The predicted octanol–water partition coefficient (Wildman–Crippen LogP) is 0.636. The highest BCUT2D eigenvalue weighted by Gasteiger charge is 2.42. The summed E-state index contributed by atoms with van der Waals surface area (Å²) in [4.78, 5) is 11.8. The van der Waals surface area contributed by atoms with Crippen LogP contribution in [-0.2, 0) is 15.6 Å². The number of hydrogen-bond acceptors (Lipinski definition) is 3. The average molecular weight is 213 g/mol. The Morgan fingerprint density at radius 2 is 2.08 bits per heavy atom. The Bertz CT molecular complexity index is 343. The van der Waals surface area contributed by atoms with E-state index < -0.39 is 33.5 Å². The lowest BCUT2D eigenvalue weighted by molar-refractivity contribution is -0.133. The molecule has 8 heteroatoms. The zero-order valence-corrected chi connectivity index (χ0v) is 6.65. The summed E-state index contributed by atoms with van der Waals surface area (Å²) in [6.45, 7) is 0. The molecule has 0 amide bonds. The minimum atomic E-state index is -4.88. The fourth-order valence-corrected chi connectivity index (χ4v) is 1.53. The second-order valence-electron chi connectivity index (χ2n) is 2.01. The maximum atomic E-state index is 12.0. The molecule has 4 nitrogen and oxygen atoms in total. The molecule has 0 bridgehead atoms. The van der Waals surface area contributed by atoms with Crippen LogP contribution in [0.1, 0.15) is 0 Å². The Labute approximate surface area is 72.2 Å². The smallest absolute Gasteiger partial charge is 0.434 e. The van der Waals surface area contributed by atoms with Crippen molar-refractivity contribution in [2.45, 2.75) is 6.18 Å². The van der Waals surface area contributed by atoms with Crippen LogP contribution in [0, 0.1) is 0 Å². The molecule has 0 saturated carbocycles. The predicted molar refractivity (Wildman–Crippen MR) is 37.4 cm³/mol. The molecule has 1 aliphatic rings. The number of halogens is 3. The number of carboxylic acid groups (broad SMARTS) is 1. The largest absolute Gasteiger partial charge is 0.477 e. The van der Waals surface area contributed by atoms with Gasteiger partial charge < -0.3 is 5.11 Å². The monoisotopic (exact) mass is 213 g/mol. The van der Waals surface area contributed by atoms with Gasteiger partial charge in [-0.2, -0.15) is 13.2 Å². The lowest BCUT2D eigenvalue weighted by Gasteiger charge is -2.04. The van der Waals surface area contributed by atoms with Crippen LogP contribution in [0.15, 0.2) is 15.6 Å². The van der Waals surface area contributed by atoms with Gasteiger partial charge in [0, 0.05) is 0 Å². The number of rotatable bonds is 1. The summed E-state index contributed by atoms with van der Waals surface area (Å²) in [5.41, 5.74) is -1.15. The molecule has 72 valence electrons. The van der Waals surface area contributed by atoms with Gasteiger partial charge in [0.1, 0.15) is 10.8 Å². The topological polar surface area (TPSA) is 66.7 Å². The lowest BCUT2D eigenvalue weighted by atomic mass is 10.4. The maximum Gasteiger partial charge on any atom is 0.434 e. The van der Waals surface area contributed by atoms with Crippen LogP contribution >= 0.6 is 0 Å². The molecule has 1 unspecified atom stereocenters. The van der Waals surface area contributed by atoms with E-state index in [-0.39, 0.29) is 0 Å². The van der Waals surface area contributed by atoms with Gasteiger partial charge in [-0.1, -0.05) is 0 Å². The molecule has 0 aromatic rings. The summed E-state index contributed by atoms with van der Waals surface area (Å²) in [5, 5.41) is 8.29. The van der Waals surface area contributed by atoms with Gasteiger partial charge in [0.25, 0.3) is 0 Å². The highest BCUT2D eigenvalue weighted by atomic mass is 32.2. The molecule has 0 aromatic heterocycles. The van der Waals surface area contributed by atoms with Crippen molar-refractivity contribution in [3.05, 3.63) is 10.6 Å². The van der Waals surface area contributed by atoms with Gasteiger partial charge in [-0.25, -0.2) is 14.0 Å². The molecular weight excluding hydrogens is 211 g/mol. The zero-order valence-electron chi connectivity index (χ0n) is 5.83. The number of aliphatic carboxylic acids is 1. The molecule has 1 atom stereocenters. The molecule has 1 N–H and O–H groups in total. The lowest BCUT2D eigenvalue weighted by Crippen LogP contribution is -2.15. The quantitative estimate of drug-likeness (QED) is 0.694. The normalized spacial score (nSPS) is 22.5. The van der Waals surface area contributed by atoms with E-state index in [9.17, 15) is 22.2 Å². The van der Waals surface area contributed by atoms with Crippen molar-refractivity contribution < 1.29 is 27.3 Å². The highest BCUT2D eigenvalue weighted by molar-refractivity contribution is 8.03. The minimum Gasteiger partial charge on any atom is -0.477 e. The Morgan fingerprint density at radius 1 is 1.54 bits per heavy atom. The van der Waals surface area contributed by atoms with Crippen molar-refractivity contribution in [1.82, 2.24) is 0 Å². The van der Waals surface area contributed by atoms with E-state index in [0.29, 0.717) is 5.55 Å². The first-order valence-electron chi connectivity index (χ1n) is 2.83. The van der Waals surface area contributed by atoms with Crippen molar-refractivity contribution in [1.29, 1.82) is 0 Å². The molecule has 13 heavy (non-hydrogen) atoms. The minimum absolute atomic E-state index is 0.451. The van der Waals surface area contributed by atoms with Crippen LogP contribution in [0.5, 0.6) is 0 Å². The summed E-state index contributed by atoms with van der Waals surface area (Å²) in [5.74, 6) is -1.87. The summed E-state index contributed by atoms with van der Waals surface area (Å²) in [6.07, 6.45) is -4.88. The van der Waals surface area contributed by atoms with Crippen LogP contribution in [0.25, 0.3) is 0 Å².